The number of ether oxygens (including phenoxy) is 2. The summed E-state index contributed by atoms with van der Waals surface area (Å²) < 4.78 is 10.1. The Bertz CT molecular complexity index is 841. The highest BCUT2D eigenvalue weighted by Gasteiger charge is 2.16. The van der Waals surface area contributed by atoms with E-state index >= 15 is 0 Å². The average molecular weight is 394 g/mol. The van der Waals surface area contributed by atoms with Crippen LogP contribution in [0, 0.1) is 10.1 Å². The van der Waals surface area contributed by atoms with E-state index < -0.39 is 16.7 Å². The summed E-state index contributed by atoms with van der Waals surface area (Å²) in [4.78, 5) is 34.0. The number of nitro groups is 1. The van der Waals surface area contributed by atoms with Gasteiger partial charge in [0.15, 0.2) is 12.4 Å². The molecule has 0 fully saturated rings. The maximum Gasteiger partial charge on any atom is 0.312 e. The summed E-state index contributed by atoms with van der Waals surface area (Å²) in [6.45, 7) is -0.592. The Hall–Kier alpha value is -3.33. The Morgan fingerprint density at radius 1 is 1.15 bits per heavy atom. The second-order valence-electron chi connectivity index (χ2n) is 5.21. The molecule has 0 aliphatic rings. The lowest BCUT2D eigenvalue weighted by Gasteiger charge is -2.09. The molecule has 142 valence electrons. The van der Waals surface area contributed by atoms with Gasteiger partial charge in [-0.2, -0.15) is 0 Å². The first kappa shape index (κ1) is 20.0. The van der Waals surface area contributed by atoms with E-state index in [1.807, 2.05) is 0 Å². The number of anilines is 1. The molecule has 0 aliphatic heterocycles. The summed E-state index contributed by atoms with van der Waals surface area (Å²) in [7, 11) is 1.31. The zero-order valence-electron chi connectivity index (χ0n) is 14.2. The first-order valence-corrected chi connectivity index (χ1v) is 8.04. The zero-order valence-corrected chi connectivity index (χ0v) is 15.0. The first-order chi connectivity index (χ1) is 12.9. The van der Waals surface area contributed by atoms with E-state index in [1.54, 1.807) is 24.3 Å². The lowest BCUT2D eigenvalue weighted by molar-refractivity contribution is -0.385. The third-order valence-electron chi connectivity index (χ3n) is 3.29. The predicted octanol–water partition coefficient (Wildman–Crippen LogP) is 2.39. The molecule has 10 heteroatoms. The fraction of sp³-hybridized carbons (Fsp3) is 0.176. The summed E-state index contributed by atoms with van der Waals surface area (Å²) in [5.74, 6) is -0.509. The third kappa shape index (κ3) is 6.15. The summed E-state index contributed by atoms with van der Waals surface area (Å²) in [6.07, 6.45) is 0. The van der Waals surface area contributed by atoms with E-state index in [2.05, 4.69) is 10.6 Å². The second kappa shape index (κ2) is 9.39. The summed E-state index contributed by atoms with van der Waals surface area (Å²) in [5.41, 5.74) is -0.0742. The Kier molecular flexibility index (Phi) is 6.95. The van der Waals surface area contributed by atoms with Gasteiger partial charge in [-0.25, -0.2) is 0 Å². The van der Waals surface area contributed by atoms with Crippen LogP contribution in [-0.4, -0.2) is 37.0 Å². The number of hydrogen-bond donors (Lipinski definition) is 2. The fourth-order valence-electron chi connectivity index (χ4n) is 2.03. The Balaban J connectivity index is 1.81. The largest absolute Gasteiger partial charge is 0.490 e. The molecule has 27 heavy (non-hydrogen) atoms. The van der Waals surface area contributed by atoms with Crippen molar-refractivity contribution >= 4 is 34.8 Å². The highest BCUT2D eigenvalue weighted by Crippen LogP contribution is 2.29. The molecule has 0 bridgehead atoms. The minimum absolute atomic E-state index is 0.0747. The van der Waals surface area contributed by atoms with Crippen LogP contribution in [0.5, 0.6) is 11.5 Å². The van der Waals surface area contributed by atoms with Crippen molar-refractivity contribution in [3.8, 4) is 11.5 Å². The summed E-state index contributed by atoms with van der Waals surface area (Å²) >= 11 is 5.75. The van der Waals surface area contributed by atoms with Gasteiger partial charge in [-0.3, -0.25) is 19.7 Å². The highest BCUT2D eigenvalue weighted by molar-refractivity contribution is 6.30. The lowest BCUT2D eigenvalue weighted by Crippen LogP contribution is -2.35. The molecular formula is C17H16ClN3O6. The highest BCUT2D eigenvalue weighted by atomic mass is 35.5. The van der Waals surface area contributed by atoms with Gasteiger partial charge in [0, 0.05) is 16.8 Å². The van der Waals surface area contributed by atoms with Crippen LogP contribution in [0.1, 0.15) is 0 Å². The van der Waals surface area contributed by atoms with Gasteiger partial charge in [0.2, 0.25) is 5.91 Å². The van der Waals surface area contributed by atoms with Crippen LogP contribution in [0.15, 0.2) is 42.5 Å². The van der Waals surface area contributed by atoms with E-state index in [0.717, 1.165) is 0 Å². The number of nitro benzene ring substituents is 1. The Morgan fingerprint density at radius 3 is 2.48 bits per heavy atom. The van der Waals surface area contributed by atoms with Crippen molar-refractivity contribution in [1.29, 1.82) is 0 Å². The number of rotatable bonds is 8. The Morgan fingerprint density at radius 2 is 1.85 bits per heavy atom. The van der Waals surface area contributed by atoms with Crippen LogP contribution >= 0.6 is 11.6 Å². The van der Waals surface area contributed by atoms with Gasteiger partial charge in [-0.05, 0) is 36.4 Å². The maximum atomic E-state index is 11.9. The molecule has 0 unspecified atom stereocenters. The summed E-state index contributed by atoms with van der Waals surface area (Å²) in [5, 5.41) is 16.4. The molecule has 0 aromatic heterocycles. The molecule has 2 aromatic rings. The van der Waals surface area contributed by atoms with Gasteiger partial charge >= 0.3 is 5.69 Å². The SMILES string of the molecule is COc1ccc(NC(=O)CNC(=O)COc2ccc(Cl)cc2)cc1[N+](=O)[O-]. The smallest absolute Gasteiger partial charge is 0.312 e. The number of carbonyl (C=O) groups excluding carboxylic acids is 2. The van der Waals surface area contributed by atoms with Gasteiger partial charge in [0.05, 0.1) is 18.6 Å². The van der Waals surface area contributed by atoms with Crippen LogP contribution in [0.2, 0.25) is 5.02 Å². The van der Waals surface area contributed by atoms with Gasteiger partial charge in [0.1, 0.15) is 5.75 Å². The van der Waals surface area contributed by atoms with E-state index in [9.17, 15) is 19.7 Å². The van der Waals surface area contributed by atoms with Crippen molar-refractivity contribution in [1.82, 2.24) is 5.32 Å². The number of methoxy groups -OCH3 is 1. The van der Waals surface area contributed by atoms with Crippen LogP contribution in [0.3, 0.4) is 0 Å². The minimum Gasteiger partial charge on any atom is -0.490 e. The van der Waals surface area contributed by atoms with Crippen molar-refractivity contribution in [2.75, 3.05) is 25.6 Å². The van der Waals surface area contributed by atoms with Crippen LogP contribution in [0.4, 0.5) is 11.4 Å². The molecule has 0 atom stereocenters. The number of halogens is 1. The molecule has 2 rings (SSSR count). The minimum atomic E-state index is -0.621. The zero-order chi connectivity index (χ0) is 19.8. The number of nitrogens with zero attached hydrogens (tertiary/aromatic N) is 1. The summed E-state index contributed by atoms with van der Waals surface area (Å²) in [6, 6.07) is 10.5. The van der Waals surface area contributed by atoms with Crippen molar-refractivity contribution in [3.05, 3.63) is 57.6 Å². The standard InChI is InChI=1S/C17H16ClN3O6/c1-26-15-7-4-12(8-14(15)21(24)25)20-16(22)9-19-17(23)10-27-13-5-2-11(18)3-6-13/h2-8H,9-10H2,1H3,(H,19,23)(H,20,22). The quantitative estimate of drug-likeness (QED) is 0.525. The normalized spacial score (nSPS) is 10.0. The number of carbonyl (C=O) groups is 2. The van der Waals surface area contributed by atoms with Crippen LogP contribution in [-0.2, 0) is 9.59 Å². The molecule has 0 radical (unpaired) electrons. The first-order valence-electron chi connectivity index (χ1n) is 7.66. The topological polar surface area (TPSA) is 120 Å². The Labute approximate surface area is 159 Å². The molecule has 0 spiro atoms. The van der Waals surface area contributed by atoms with Crippen molar-refractivity contribution in [2.45, 2.75) is 0 Å². The van der Waals surface area contributed by atoms with Gasteiger partial charge in [-0.15, -0.1) is 0 Å². The maximum absolute atomic E-state index is 11.9. The molecule has 2 aromatic carbocycles. The van der Waals surface area contributed by atoms with E-state index in [1.165, 1.54) is 25.3 Å². The average Bonchev–Trinajstić information content (AvgIpc) is 2.65. The molecular weight excluding hydrogens is 378 g/mol. The van der Waals surface area contributed by atoms with E-state index in [-0.39, 0.29) is 30.3 Å². The van der Waals surface area contributed by atoms with Gasteiger partial charge in [-0.1, -0.05) is 11.6 Å². The fourth-order valence-corrected chi connectivity index (χ4v) is 2.15. The molecule has 2 N–H and O–H groups in total. The number of nitrogens with one attached hydrogen (secondary N) is 2. The van der Waals surface area contributed by atoms with E-state index in [4.69, 9.17) is 21.1 Å². The van der Waals surface area contributed by atoms with Gasteiger partial charge in [0.25, 0.3) is 5.91 Å². The van der Waals surface area contributed by atoms with Crippen molar-refractivity contribution in [2.24, 2.45) is 0 Å². The molecule has 9 nitrogen and oxygen atoms in total. The van der Waals surface area contributed by atoms with Gasteiger partial charge < -0.3 is 20.1 Å². The molecule has 2 amide bonds. The molecule has 0 saturated heterocycles. The van der Waals surface area contributed by atoms with Crippen molar-refractivity contribution in [3.63, 3.8) is 0 Å². The lowest BCUT2D eigenvalue weighted by atomic mass is 10.2. The third-order valence-corrected chi connectivity index (χ3v) is 3.54. The second-order valence-corrected chi connectivity index (χ2v) is 5.65. The number of amides is 2. The van der Waals surface area contributed by atoms with Crippen LogP contribution in [0.25, 0.3) is 0 Å². The van der Waals surface area contributed by atoms with E-state index in [0.29, 0.717) is 10.8 Å². The molecule has 0 aliphatic carbocycles. The number of hydrogen-bond acceptors (Lipinski definition) is 6. The molecule has 0 heterocycles. The molecule has 0 saturated carbocycles. The van der Waals surface area contributed by atoms with Crippen LogP contribution < -0.4 is 20.1 Å². The van der Waals surface area contributed by atoms with Crippen molar-refractivity contribution < 1.29 is 24.0 Å². The predicted molar refractivity (Wildman–Crippen MR) is 98.2 cm³/mol. The monoisotopic (exact) mass is 393 g/mol. The number of benzene rings is 2.